The third-order valence-electron chi connectivity index (χ3n) is 6.87. The maximum absolute atomic E-state index is 12.2. The van der Waals surface area contributed by atoms with Gasteiger partial charge in [-0.2, -0.15) is 0 Å². The van der Waals surface area contributed by atoms with Gasteiger partial charge < -0.3 is 44.7 Å². The first kappa shape index (κ1) is 34.4. The van der Waals surface area contributed by atoms with E-state index in [1.165, 1.54) is 35.3 Å². The number of benzene rings is 1. The van der Waals surface area contributed by atoms with Crippen molar-refractivity contribution in [2.45, 2.75) is 82.8 Å². The van der Waals surface area contributed by atoms with E-state index >= 15 is 0 Å². The van der Waals surface area contributed by atoms with Crippen molar-refractivity contribution in [1.29, 1.82) is 0 Å². The summed E-state index contributed by atoms with van der Waals surface area (Å²) in [4.78, 5) is 59.4. The minimum atomic E-state index is -1.87. The quantitative estimate of drug-likeness (QED) is 0.0863. The number of esters is 1. The van der Waals surface area contributed by atoms with Crippen LogP contribution in [0.25, 0.3) is 0 Å². The standard InChI is InChI=1S/C29H38N2O13/c1-2-23(35)42-16-17-8-9-18(43-29-26(38)24(36)25(37)27(44-29)28(39)40)15-19(17)41-14-6-12-30-20(32)7-4-3-5-13-31-21(33)10-11-22(31)34/h8-11,15,24-27,29,36-38H,2-7,12-14,16H2,1H3,(H,30,32)(H,39,40)/t24-,25-,26+,27-,29+/m0/s1. The number of nitrogens with zero attached hydrogens (tertiary/aromatic N) is 1. The van der Waals surface area contributed by atoms with Crippen LogP contribution in [0.3, 0.4) is 0 Å². The van der Waals surface area contributed by atoms with Gasteiger partial charge in [0, 0.05) is 49.7 Å². The van der Waals surface area contributed by atoms with Crippen molar-refractivity contribution in [1.82, 2.24) is 10.2 Å². The van der Waals surface area contributed by atoms with Crippen LogP contribution in [-0.2, 0) is 40.1 Å². The zero-order valence-electron chi connectivity index (χ0n) is 24.3. The summed E-state index contributed by atoms with van der Waals surface area (Å²) in [5.41, 5.74) is 0.486. The van der Waals surface area contributed by atoms with Crippen molar-refractivity contribution in [2.75, 3.05) is 19.7 Å². The molecule has 0 unspecified atom stereocenters. The zero-order valence-corrected chi connectivity index (χ0v) is 24.3. The Labute approximate surface area is 253 Å². The van der Waals surface area contributed by atoms with Gasteiger partial charge in [0.15, 0.2) is 6.10 Å². The average Bonchev–Trinajstić information content (AvgIpc) is 3.32. The Morgan fingerprint density at radius 1 is 0.977 bits per heavy atom. The average molecular weight is 623 g/mol. The molecule has 2 aliphatic rings. The van der Waals surface area contributed by atoms with Crippen LogP contribution in [0.4, 0.5) is 0 Å². The lowest BCUT2D eigenvalue weighted by atomic mass is 9.99. The molecule has 0 saturated carbocycles. The summed E-state index contributed by atoms with van der Waals surface area (Å²) in [6, 6.07) is 4.40. The van der Waals surface area contributed by atoms with Crippen LogP contribution >= 0.6 is 0 Å². The van der Waals surface area contributed by atoms with Crippen LogP contribution in [0.2, 0.25) is 0 Å². The molecule has 1 fully saturated rings. The molecule has 3 rings (SSSR count). The molecular formula is C29H38N2O13. The first-order chi connectivity index (χ1) is 21.0. The number of hydrogen-bond donors (Lipinski definition) is 5. The van der Waals surface area contributed by atoms with Gasteiger partial charge in [-0.25, -0.2) is 4.79 Å². The number of hydrogen-bond acceptors (Lipinski definition) is 12. The van der Waals surface area contributed by atoms with Gasteiger partial charge in [0.05, 0.1) is 6.61 Å². The largest absolute Gasteiger partial charge is 0.493 e. The second-order valence-corrected chi connectivity index (χ2v) is 10.2. The van der Waals surface area contributed by atoms with Crippen molar-refractivity contribution in [3.8, 4) is 11.5 Å². The summed E-state index contributed by atoms with van der Waals surface area (Å²) in [5, 5.41) is 42.2. The number of carbonyl (C=O) groups excluding carboxylic acids is 4. The molecule has 2 aliphatic heterocycles. The van der Waals surface area contributed by atoms with Crippen molar-refractivity contribution in [3.63, 3.8) is 0 Å². The second kappa shape index (κ2) is 16.7. The monoisotopic (exact) mass is 622 g/mol. The van der Waals surface area contributed by atoms with Gasteiger partial charge in [-0.05, 0) is 31.4 Å². The Bertz CT molecular complexity index is 1200. The van der Waals surface area contributed by atoms with E-state index in [0.717, 1.165) is 0 Å². The molecule has 0 spiro atoms. The molecule has 5 N–H and O–H groups in total. The smallest absolute Gasteiger partial charge is 0.335 e. The third-order valence-corrected chi connectivity index (χ3v) is 6.87. The number of aliphatic hydroxyl groups excluding tert-OH is 3. The molecule has 15 heteroatoms. The summed E-state index contributed by atoms with van der Waals surface area (Å²) >= 11 is 0. The molecular weight excluding hydrogens is 584 g/mol. The molecule has 242 valence electrons. The summed E-state index contributed by atoms with van der Waals surface area (Å²) in [6.07, 6.45) is -3.68. The number of aliphatic carboxylic acids is 1. The Morgan fingerprint density at radius 3 is 2.39 bits per heavy atom. The molecule has 0 radical (unpaired) electrons. The highest BCUT2D eigenvalue weighted by Crippen LogP contribution is 2.30. The number of unbranched alkanes of at least 4 members (excludes halogenated alkanes) is 2. The molecule has 1 aromatic carbocycles. The predicted molar refractivity (Wildman–Crippen MR) is 149 cm³/mol. The van der Waals surface area contributed by atoms with E-state index in [2.05, 4.69) is 5.32 Å². The third kappa shape index (κ3) is 9.74. The Morgan fingerprint density at radius 2 is 1.70 bits per heavy atom. The van der Waals surface area contributed by atoms with Crippen LogP contribution in [0.1, 0.15) is 51.0 Å². The van der Waals surface area contributed by atoms with Crippen molar-refractivity contribution < 1.29 is 63.3 Å². The minimum Gasteiger partial charge on any atom is -0.493 e. The van der Waals surface area contributed by atoms with E-state index in [4.69, 9.17) is 18.9 Å². The van der Waals surface area contributed by atoms with Gasteiger partial charge in [0.2, 0.25) is 12.2 Å². The predicted octanol–water partition coefficient (Wildman–Crippen LogP) is -0.219. The SMILES string of the molecule is CCC(=O)OCc1ccc(O[C@@H]2O[C@H](C(=O)O)[C@@H](O)[C@H](O)[C@H]2O)cc1OCCCNC(=O)CCCCCN1C(=O)C=CC1=O. The number of carbonyl (C=O) groups is 5. The molecule has 0 aliphatic carbocycles. The van der Waals surface area contributed by atoms with Crippen LogP contribution < -0.4 is 14.8 Å². The van der Waals surface area contributed by atoms with Gasteiger partial charge >= 0.3 is 11.9 Å². The van der Waals surface area contributed by atoms with E-state index < -0.39 is 42.6 Å². The molecule has 1 saturated heterocycles. The number of amides is 3. The molecule has 3 amide bonds. The Balaban J connectivity index is 1.47. The topological polar surface area (TPSA) is 218 Å². The second-order valence-electron chi connectivity index (χ2n) is 10.2. The van der Waals surface area contributed by atoms with Gasteiger partial charge in [-0.15, -0.1) is 0 Å². The van der Waals surface area contributed by atoms with E-state index in [1.807, 2.05) is 0 Å². The highest BCUT2D eigenvalue weighted by Gasteiger charge is 2.48. The number of carboxylic acids is 1. The summed E-state index contributed by atoms with van der Waals surface area (Å²) in [7, 11) is 0. The highest BCUT2D eigenvalue weighted by molar-refractivity contribution is 6.12. The Kier molecular flexibility index (Phi) is 13.1. The van der Waals surface area contributed by atoms with E-state index in [1.54, 1.807) is 6.92 Å². The normalized spacial score (nSPS) is 23.0. The molecule has 15 nitrogen and oxygen atoms in total. The molecule has 0 bridgehead atoms. The minimum absolute atomic E-state index is 0.0744. The van der Waals surface area contributed by atoms with Crippen LogP contribution in [-0.4, -0.2) is 105 Å². The number of imide groups is 1. The number of nitrogens with one attached hydrogen (secondary N) is 1. The lowest BCUT2D eigenvalue weighted by Crippen LogP contribution is -2.61. The summed E-state index contributed by atoms with van der Waals surface area (Å²) in [5.74, 6) is -2.45. The van der Waals surface area contributed by atoms with Crippen molar-refractivity contribution >= 4 is 29.7 Å². The number of rotatable bonds is 17. The highest BCUT2D eigenvalue weighted by atomic mass is 16.7. The van der Waals surface area contributed by atoms with Gasteiger partial charge in [0.25, 0.3) is 11.8 Å². The lowest BCUT2D eigenvalue weighted by molar-refractivity contribution is -0.271. The molecule has 0 aromatic heterocycles. The van der Waals surface area contributed by atoms with E-state index in [0.29, 0.717) is 44.3 Å². The maximum Gasteiger partial charge on any atom is 0.335 e. The first-order valence-corrected chi connectivity index (χ1v) is 14.3. The summed E-state index contributed by atoms with van der Waals surface area (Å²) in [6.45, 7) is 2.32. The van der Waals surface area contributed by atoms with E-state index in [9.17, 15) is 44.4 Å². The summed E-state index contributed by atoms with van der Waals surface area (Å²) < 4.78 is 21.8. The van der Waals surface area contributed by atoms with Crippen molar-refractivity contribution in [3.05, 3.63) is 35.9 Å². The molecule has 5 atom stereocenters. The fraction of sp³-hybridized carbons (Fsp3) is 0.552. The fourth-order valence-electron chi connectivity index (χ4n) is 4.36. The molecule has 2 heterocycles. The zero-order chi connectivity index (χ0) is 32.2. The molecule has 1 aromatic rings. The van der Waals surface area contributed by atoms with Crippen molar-refractivity contribution in [2.24, 2.45) is 0 Å². The number of aliphatic hydroxyl groups is 3. The van der Waals surface area contributed by atoms with Gasteiger partial charge in [0.1, 0.15) is 36.4 Å². The van der Waals surface area contributed by atoms with Gasteiger partial charge in [-0.3, -0.25) is 24.1 Å². The number of carboxylic acid groups (broad SMARTS) is 1. The van der Waals surface area contributed by atoms with Gasteiger partial charge in [-0.1, -0.05) is 13.3 Å². The van der Waals surface area contributed by atoms with Crippen LogP contribution in [0.5, 0.6) is 11.5 Å². The fourth-order valence-corrected chi connectivity index (χ4v) is 4.36. The maximum atomic E-state index is 12.2. The lowest BCUT2D eigenvalue weighted by Gasteiger charge is -2.38. The molecule has 44 heavy (non-hydrogen) atoms. The van der Waals surface area contributed by atoms with Crippen LogP contribution in [0, 0.1) is 0 Å². The Hall–Kier alpha value is -4.05. The number of ether oxygens (including phenoxy) is 4. The van der Waals surface area contributed by atoms with E-state index in [-0.39, 0.29) is 55.3 Å². The van der Waals surface area contributed by atoms with Crippen LogP contribution in [0.15, 0.2) is 30.4 Å². The first-order valence-electron chi connectivity index (χ1n) is 14.3.